The Bertz CT molecular complexity index is 818. The van der Waals surface area contributed by atoms with E-state index in [1.807, 2.05) is 0 Å². The lowest BCUT2D eigenvalue weighted by atomic mass is 10.1. The van der Waals surface area contributed by atoms with Crippen LogP contribution < -0.4 is 15.5 Å². The molecular formula is C23H32N4OS. The minimum absolute atomic E-state index is 0.664. The summed E-state index contributed by atoms with van der Waals surface area (Å²) >= 11 is 1.78. The Morgan fingerprint density at radius 2 is 1.90 bits per heavy atom. The van der Waals surface area contributed by atoms with Crippen LogP contribution >= 0.6 is 11.8 Å². The number of guanidine groups is 1. The molecule has 6 heteroatoms. The second kappa shape index (κ2) is 11.1. The number of para-hydroxylation sites is 1. The standard InChI is InChI=1S/C23H32N4OS/c1-4-24-23(26-17-20-10-9-18(2)15-22(20)29-3)25-16-19-7-5-6-8-21(19)27-11-13-28-14-12-27/h5-10,15H,4,11-14,16-17H2,1-3H3,(H2,24,25,26). The first kappa shape index (κ1) is 21.5. The highest BCUT2D eigenvalue weighted by Gasteiger charge is 2.14. The summed E-state index contributed by atoms with van der Waals surface area (Å²) in [6, 6.07) is 15.2. The Kier molecular flexibility index (Phi) is 8.25. The smallest absolute Gasteiger partial charge is 0.191 e. The van der Waals surface area contributed by atoms with Crippen LogP contribution in [0.15, 0.2) is 52.4 Å². The van der Waals surface area contributed by atoms with Crippen LogP contribution in [0.5, 0.6) is 0 Å². The zero-order chi connectivity index (χ0) is 20.5. The van der Waals surface area contributed by atoms with Crippen LogP contribution in [0.4, 0.5) is 5.69 Å². The molecule has 0 aromatic heterocycles. The first-order chi connectivity index (χ1) is 14.2. The maximum atomic E-state index is 5.50. The second-order valence-electron chi connectivity index (χ2n) is 7.09. The van der Waals surface area contributed by atoms with Gasteiger partial charge in [-0.05, 0) is 48.9 Å². The van der Waals surface area contributed by atoms with Crippen molar-refractivity contribution < 1.29 is 4.74 Å². The molecule has 0 unspecified atom stereocenters. The number of aryl methyl sites for hydroxylation is 1. The molecule has 0 saturated carbocycles. The quantitative estimate of drug-likeness (QED) is 0.411. The molecular weight excluding hydrogens is 380 g/mol. The molecule has 5 nitrogen and oxygen atoms in total. The summed E-state index contributed by atoms with van der Waals surface area (Å²) in [5.74, 6) is 0.844. The van der Waals surface area contributed by atoms with Crippen molar-refractivity contribution in [1.29, 1.82) is 0 Å². The fourth-order valence-electron chi connectivity index (χ4n) is 3.44. The summed E-state index contributed by atoms with van der Waals surface area (Å²) in [5, 5.41) is 6.88. The zero-order valence-corrected chi connectivity index (χ0v) is 18.5. The van der Waals surface area contributed by atoms with Gasteiger partial charge in [0.25, 0.3) is 0 Å². The van der Waals surface area contributed by atoms with E-state index in [-0.39, 0.29) is 0 Å². The number of aliphatic imine (C=N–C) groups is 1. The zero-order valence-electron chi connectivity index (χ0n) is 17.7. The van der Waals surface area contributed by atoms with Gasteiger partial charge in [0.1, 0.15) is 0 Å². The van der Waals surface area contributed by atoms with Crippen molar-refractivity contribution in [2.45, 2.75) is 31.8 Å². The molecule has 0 aliphatic carbocycles. The molecule has 29 heavy (non-hydrogen) atoms. The van der Waals surface area contributed by atoms with E-state index in [2.05, 4.69) is 78.1 Å². The Morgan fingerprint density at radius 1 is 1.10 bits per heavy atom. The molecule has 156 valence electrons. The van der Waals surface area contributed by atoms with E-state index in [9.17, 15) is 0 Å². The van der Waals surface area contributed by atoms with Gasteiger partial charge in [-0.25, -0.2) is 4.99 Å². The highest BCUT2D eigenvalue weighted by atomic mass is 32.2. The molecule has 3 rings (SSSR count). The van der Waals surface area contributed by atoms with Crippen LogP contribution in [0, 0.1) is 6.92 Å². The highest BCUT2D eigenvalue weighted by molar-refractivity contribution is 7.98. The van der Waals surface area contributed by atoms with E-state index in [0.717, 1.165) is 45.4 Å². The summed E-state index contributed by atoms with van der Waals surface area (Å²) in [6.07, 6.45) is 2.12. The molecule has 0 atom stereocenters. The molecule has 1 aliphatic heterocycles. The van der Waals surface area contributed by atoms with Crippen molar-refractivity contribution >= 4 is 23.4 Å². The van der Waals surface area contributed by atoms with Crippen LogP contribution in [0.25, 0.3) is 0 Å². The molecule has 0 bridgehead atoms. The number of hydrogen-bond donors (Lipinski definition) is 2. The largest absolute Gasteiger partial charge is 0.378 e. The van der Waals surface area contributed by atoms with Gasteiger partial charge in [-0.15, -0.1) is 11.8 Å². The van der Waals surface area contributed by atoms with Gasteiger partial charge in [0.2, 0.25) is 0 Å². The van der Waals surface area contributed by atoms with Crippen LogP contribution in [0.1, 0.15) is 23.6 Å². The van der Waals surface area contributed by atoms with E-state index in [1.54, 1.807) is 11.8 Å². The van der Waals surface area contributed by atoms with Gasteiger partial charge < -0.3 is 20.3 Å². The third-order valence-electron chi connectivity index (χ3n) is 4.98. The third kappa shape index (κ3) is 6.15. The number of rotatable bonds is 7. The number of ether oxygens (including phenoxy) is 1. The van der Waals surface area contributed by atoms with Crippen molar-refractivity contribution in [2.24, 2.45) is 4.99 Å². The van der Waals surface area contributed by atoms with Crippen molar-refractivity contribution in [3.8, 4) is 0 Å². The summed E-state index contributed by atoms with van der Waals surface area (Å²) in [5.41, 5.74) is 5.10. The van der Waals surface area contributed by atoms with E-state index in [4.69, 9.17) is 9.73 Å². The fraction of sp³-hybridized carbons (Fsp3) is 0.435. The first-order valence-electron chi connectivity index (χ1n) is 10.3. The van der Waals surface area contributed by atoms with Crippen molar-refractivity contribution in [3.63, 3.8) is 0 Å². The molecule has 2 aromatic rings. The van der Waals surface area contributed by atoms with E-state index in [1.165, 1.54) is 27.3 Å². The summed E-state index contributed by atoms with van der Waals surface area (Å²) in [6.45, 7) is 9.93. The van der Waals surface area contributed by atoms with Gasteiger partial charge >= 0.3 is 0 Å². The monoisotopic (exact) mass is 412 g/mol. The fourth-order valence-corrected chi connectivity index (χ4v) is 4.14. The van der Waals surface area contributed by atoms with Crippen LogP contribution in [0.3, 0.4) is 0 Å². The number of nitrogens with zero attached hydrogens (tertiary/aromatic N) is 2. The van der Waals surface area contributed by atoms with Crippen LogP contribution in [-0.2, 0) is 17.8 Å². The maximum Gasteiger partial charge on any atom is 0.191 e. The molecule has 2 N–H and O–H groups in total. The first-order valence-corrected chi connectivity index (χ1v) is 11.5. The summed E-state index contributed by atoms with van der Waals surface area (Å²) in [7, 11) is 0. The lowest BCUT2D eigenvalue weighted by Crippen LogP contribution is -2.39. The number of morpholine rings is 1. The molecule has 0 amide bonds. The lowest BCUT2D eigenvalue weighted by Gasteiger charge is -2.30. The van der Waals surface area contributed by atoms with Gasteiger partial charge in [-0.1, -0.05) is 30.3 Å². The van der Waals surface area contributed by atoms with Gasteiger partial charge in [-0.3, -0.25) is 0 Å². The Morgan fingerprint density at radius 3 is 2.66 bits per heavy atom. The topological polar surface area (TPSA) is 48.9 Å². The lowest BCUT2D eigenvalue weighted by molar-refractivity contribution is 0.122. The van der Waals surface area contributed by atoms with Gasteiger partial charge in [0.15, 0.2) is 5.96 Å². The Labute approximate surface area is 178 Å². The normalized spacial score (nSPS) is 14.7. The maximum absolute atomic E-state index is 5.50. The summed E-state index contributed by atoms with van der Waals surface area (Å²) in [4.78, 5) is 8.52. The average molecular weight is 413 g/mol. The minimum Gasteiger partial charge on any atom is -0.378 e. The Balaban J connectivity index is 1.69. The van der Waals surface area contributed by atoms with Crippen LogP contribution in [0.2, 0.25) is 0 Å². The van der Waals surface area contributed by atoms with Gasteiger partial charge in [-0.2, -0.15) is 0 Å². The SMILES string of the molecule is CCNC(=NCc1ccc(C)cc1SC)NCc1ccccc1N1CCOCC1. The molecule has 0 radical (unpaired) electrons. The van der Waals surface area contributed by atoms with E-state index < -0.39 is 0 Å². The number of benzene rings is 2. The van der Waals surface area contributed by atoms with E-state index >= 15 is 0 Å². The Hall–Kier alpha value is -2.18. The molecule has 1 heterocycles. The molecule has 1 saturated heterocycles. The van der Waals surface area contributed by atoms with Crippen LogP contribution in [-0.4, -0.2) is 45.1 Å². The molecule has 1 fully saturated rings. The number of nitrogens with one attached hydrogen (secondary N) is 2. The summed E-state index contributed by atoms with van der Waals surface area (Å²) < 4.78 is 5.50. The van der Waals surface area contributed by atoms with E-state index in [0.29, 0.717) is 6.54 Å². The predicted molar refractivity (Wildman–Crippen MR) is 124 cm³/mol. The third-order valence-corrected chi connectivity index (χ3v) is 5.80. The minimum atomic E-state index is 0.664. The van der Waals surface area contributed by atoms with Gasteiger partial charge in [0, 0.05) is 36.8 Å². The highest BCUT2D eigenvalue weighted by Crippen LogP contribution is 2.23. The average Bonchev–Trinajstić information content (AvgIpc) is 2.77. The number of hydrogen-bond acceptors (Lipinski definition) is 4. The predicted octanol–water partition coefficient (Wildman–Crippen LogP) is 3.81. The van der Waals surface area contributed by atoms with Crippen molar-refractivity contribution in [3.05, 3.63) is 59.2 Å². The van der Waals surface area contributed by atoms with Gasteiger partial charge in [0.05, 0.1) is 19.8 Å². The van der Waals surface area contributed by atoms with Crippen molar-refractivity contribution in [2.75, 3.05) is 44.0 Å². The number of thioether (sulfide) groups is 1. The number of anilines is 1. The molecule has 1 aliphatic rings. The molecule has 2 aromatic carbocycles. The van der Waals surface area contributed by atoms with Crippen molar-refractivity contribution in [1.82, 2.24) is 10.6 Å². The second-order valence-corrected chi connectivity index (χ2v) is 7.94. The molecule has 0 spiro atoms.